The Balaban J connectivity index is 2.31. The van der Waals surface area contributed by atoms with Crippen molar-refractivity contribution in [1.82, 2.24) is 9.78 Å². The highest BCUT2D eigenvalue weighted by Crippen LogP contribution is 2.31. The molecule has 0 fully saturated rings. The second kappa shape index (κ2) is 6.40. The number of amides is 1. The van der Waals surface area contributed by atoms with Crippen molar-refractivity contribution in [2.75, 3.05) is 5.32 Å². The average molecular weight is 322 g/mol. The minimum Gasteiger partial charge on any atom is -0.508 e. The molecule has 118 valence electrons. The van der Waals surface area contributed by atoms with Gasteiger partial charge in [-0.3, -0.25) is 9.48 Å². The zero-order valence-electron chi connectivity index (χ0n) is 13.1. The van der Waals surface area contributed by atoms with Crippen molar-refractivity contribution in [3.63, 3.8) is 0 Å². The molecule has 0 aliphatic heterocycles. The third kappa shape index (κ3) is 3.25. The smallest absolute Gasteiger partial charge is 0.277 e. The van der Waals surface area contributed by atoms with Gasteiger partial charge in [-0.15, -0.1) is 0 Å². The summed E-state index contributed by atoms with van der Waals surface area (Å²) < 4.78 is 1.61. The van der Waals surface area contributed by atoms with Crippen LogP contribution < -0.4 is 5.32 Å². The molecule has 22 heavy (non-hydrogen) atoms. The van der Waals surface area contributed by atoms with E-state index >= 15 is 0 Å². The van der Waals surface area contributed by atoms with Crippen LogP contribution in [0.2, 0.25) is 5.02 Å². The molecule has 2 aromatic rings. The number of hydrogen-bond donors (Lipinski definition) is 2. The first-order valence-electron chi connectivity index (χ1n) is 7.21. The number of anilines is 1. The van der Waals surface area contributed by atoms with E-state index < -0.39 is 0 Å². The van der Waals surface area contributed by atoms with Gasteiger partial charge in [0.05, 0.1) is 5.02 Å². The Labute approximate surface area is 134 Å². The standard InChI is InChI=1S/C16H20ClN3O2/c1-5-20-8-12(17)15(19-20)16(22)18-13-7-11(9(2)3)14(21)6-10(13)4/h6-9,21H,5H2,1-4H3,(H,18,22). The zero-order chi connectivity index (χ0) is 16.4. The second-order valence-corrected chi connectivity index (χ2v) is 5.92. The summed E-state index contributed by atoms with van der Waals surface area (Å²) in [5.41, 5.74) is 2.41. The van der Waals surface area contributed by atoms with Crippen molar-refractivity contribution in [2.45, 2.75) is 40.2 Å². The van der Waals surface area contributed by atoms with Gasteiger partial charge < -0.3 is 10.4 Å². The summed E-state index contributed by atoms with van der Waals surface area (Å²) in [5.74, 6) is 0.0265. The van der Waals surface area contributed by atoms with Crippen molar-refractivity contribution in [3.8, 4) is 5.75 Å². The Kier molecular flexibility index (Phi) is 4.76. The number of halogens is 1. The molecule has 0 saturated carbocycles. The molecule has 0 spiro atoms. The highest BCUT2D eigenvalue weighted by molar-refractivity contribution is 6.34. The molecule has 0 unspecified atom stereocenters. The SMILES string of the molecule is CCn1cc(Cl)c(C(=O)Nc2cc(C(C)C)c(O)cc2C)n1. The van der Waals surface area contributed by atoms with Crippen LogP contribution in [-0.4, -0.2) is 20.8 Å². The van der Waals surface area contributed by atoms with Gasteiger partial charge in [-0.2, -0.15) is 5.10 Å². The molecule has 1 aromatic heterocycles. The quantitative estimate of drug-likeness (QED) is 0.838. The lowest BCUT2D eigenvalue weighted by Crippen LogP contribution is -2.15. The normalized spacial score (nSPS) is 11.0. The summed E-state index contributed by atoms with van der Waals surface area (Å²) in [6, 6.07) is 3.44. The summed E-state index contributed by atoms with van der Waals surface area (Å²) in [7, 11) is 0. The van der Waals surface area contributed by atoms with Crippen molar-refractivity contribution in [3.05, 3.63) is 40.2 Å². The molecule has 5 nitrogen and oxygen atoms in total. The van der Waals surface area contributed by atoms with E-state index in [0.29, 0.717) is 17.3 Å². The number of aromatic hydroxyl groups is 1. The van der Waals surface area contributed by atoms with E-state index in [0.717, 1.165) is 11.1 Å². The van der Waals surface area contributed by atoms with E-state index in [2.05, 4.69) is 10.4 Å². The number of nitrogens with zero attached hydrogens (tertiary/aromatic N) is 2. The molecule has 1 heterocycles. The maximum atomic E-state index is 12.3. The molecule has 0 radical (unpaired) electrons. The van der Waals surface area contributed by atoms with E-state index in [9.17, 15) is 9.90 Å². The molecular weight excluding hydrogens is 302 g/mol. The van der Waals surface area contributed by atoms with Crippen LogP contribution in [0.4, 0.5) is 5.69 Å². The van der Waals surface area contributed by atoms with E-state index in [1.165, 1.54) is 0 Å². The van der Waals surface area contributed by atoms with Crippen LogP contribution in [0.5, 0.6) is 5.75 Å². The predicted molar refractivity (Wildman–Crippen MR) is 87.8 cm³/mol. The number of hydrogen-bond acceptors (Lipinski definition) is 3. The second-order valence-electron chi connectivity index (χ2n) is 5.52. The van der Waals surface area contributed by atoms with E-state index in [-0.39, 0.29) is 23.3 Å². The molecule has 0 atom stereocenters. The van der Waals surface area contributed by atoms with Gasteiger partial charge in [-0.25, -0.2) is 0 Å². The number of rotatable bonds is 4. The number of aromatic nitrogens is 2. The van der Waals surface area contributed by atoms with Gasteiger partial charge in [-0.05, 0) is 43.0 Å². The van der Waals surface area contributed by atoms with Crippen LogP contribution >= 0.6 is 11.6 Å². The van der Waals surface area contributed by atoms with Crippen molar-refractivity contribution < 1.29 is 9.90 Å². The monoisotopic (exact) mass is 321 g/mol. The number of carbonyl (C=O) groups excluding carboxylic acids is 1. The minimum atomic E-state index is -0.360. The fraction of sp³-hybridized carbons (Fsp3) is 0.375. The fourth-order valence-electron chi connectivity index (χ4n) is 2.20. The van der Waals surface area contributed by atoms with E-state index in [1.54, 1.807) is 23.0 Å². The first-order chi connectivity index (χ1) is 10.3. The van der Waals surface area contributed by atoms with Gasteiger partial charge in [0.1, 0.15) is 5.75 Å². The molecule has 0 aliphatic rings. The number of benzene rings is 1. The average Bonchev–Trinajstić information content (AvgIpc) is 2.82. The highest BCUT2D eigenvalue weighted by Gasteiger charge is 2.17. The van der Waals surface area contributed by atoms with Gasteiger partial charge in [-0.1, -0.05) is 25.4 Å². The van der Waals surface area contributed by atoms with Crippen LogP contribution in [0.3, 0.4) is 0 Å². The Morgan fingerprint density at radius 3 is 2.68 bits per heavy atom. The lowest BCUT2D eigenvalue weighted by molar-refractivity contribution is 0.102. The Morgan fingerprint density at radius 1 is 1.45 bits per heavy atom. The third-order valence-corrected chi connectivity index (χ3v) is 3.78. The first kappa shape index (κ1) is 16.4. The van der Waals surface area contributed by atoms with Crippen molar-refractivity contribution in [1.29, 1.82) is 0 Å². The summed E-state index contributed by atoms with van der Waals surface area (Å²) in [5, 5.41) is 17.3. The number of nitrogens with one attached hydrogen (secondary N) is 1. The molecule has 0 aliphatic carbocycles. The first-order valence-corrected chi connectivity index (χ1v) is 7.59. The van der Waals surface area contributed by atoms with Gasteiger partial charge in [0, 0.05) is 18.4 Å². The maximum absolute atomic E-state index is 12.3. The van der Waals surface area contributed by atoms with Crippen LogP contribution in [-0.2, 0) is 6.54 Å². The molecular formula is C16H20ClN3O2. The minimum absolute atomic E-state index is 0.152. The highest BCUT2D eigenvalue weighted by atomic mass is 35.5. The van der Waals surface area contributed by atoms with Gasteiger partial charge in [0.15, 0.2) is 5.69 Å². The molecule has 2 N–H and O–H groups in total. The Hall–Kier alpha value is -2.01. The van der Waals surface area contributed by atoms with Crippen molar-refractivity contribution in [2.24, 2.45) is 0 Å². The maximum Gasteiger partial charge on any atom is 0.277 e. The van der Waals surface area contributed by atoms with Gasteiger partial charge in [0.2, 0.25) is 0 Å². The topological polar surface area (TPSA) is 67.2 Å². The van der Waals surface area contributed by atoms with Crippen LogP contribution in [0.25, 0.3) is 0 Å². The third-order valence-electron chi connectivity index (χ3n) is 3.50. The van der Waals surface area contributed by atoms with E-state index in [1.807, 2.05) is 27.7 Å². The summed E-state index contributed by atoms with van der Waals surface area (Å²) in [6.07, 6.45) is 1.62. The number of aryl methyl sites for hydroxylation is 2. The fourth-order valence-corrected chi connectivity index (χ4v) is 2.44. The molecule has 0 saturated heterocycles. The Morgan fingerprint density at radius 2 is 2.14 bits per heavy atom. The summed E-state index contributed by atoms with van der Waals surface area (Å²) in [4.78, 5) is 12.3. The molecule has 1 aromatic carbocycles. The predicted octanol–water partition coefficient (Wildman–Crippen LogP) is 3.95. The van der Waals surface area contributed by atoms with Crippen LogP contribution in [0.15, 0.2) is 18.3 Å². The number of phenolic OH excluding ortho intramolecular Hbond substituents is 1. The lowest BCUT2D eigenvalue weighted by Gasteiger charge is -2.14. The Bertz CT molecular complexity index is 708. The summed E-state index contributed by atoms with van der Waals surface area (Å²) in [6.45, 7) is 8.35. The van der Waals surface area contributed by atoms with Gasteiger partial charge in [0.25, 0.3) is 5.91 Å². The molecule has 0 bridgehead atoms. The van der Waals surface area contributed by atoms with E-state index in [4.69, 9.17) is 11.6 Å². The van der Waals surface area contributed by atoms with Gasteiger partial charge >= 0.3 is 0 Å². The van der Waals surface area contributed by atoms with Crippen LogP contribution in [0, 0.1) is 6.92 Å². The zero-order valence-corrected chi connectivity index (χ0v) is 13.9. The van der Waals surface area contributed by atoms with Crippen molar-refractivity contribution >= 4 is 23.2 Å². The summed E-state index contributed by atoms with van der Waals surface area (Å²) >= 11 is 6.05. The number of carbonyl (C=O) groups is 1. The lowest BCUT2D eigenvalue weighted by atomic mass is 9.99. The van der Waals surface area contributed by atoms with Crippen LogP contribution in [0.1, 0.15) is 48.3 Å². The molecule has 1 amide bonds. The molecule has 6 heteroatoms. The molecule has 2 rings (SSSR count). The number of phenols is 1. The largest absolute Gasteiger partial charge is 0.508 e.